The molecule has 8 N–H and O–H groups in total. The molecular formula is C51H83O16P. The highest BCUT2D eigenvalue weighted by molar-refractivity contribution is 7.47. The molecule has 0 aromatic heterocycles. The number of aliphatic hydroxyl groups is 7. The molecule has 0 radical (unpaired) electrons. The van der Waals surface area contributed by atoms with Crippen LogP contribution in [0.25, 0.3) is 0 Å². The van der Waals surface area contributed by atoms with Crippen molar-refractivity contribution in [3.05, 3.63) is 72.9 Å². The number of phosphoric acid groups is 1. The number of aliphatic hydroxyl groups excluding tert-OH is 7. The molecule has 1 aliphatic heterocycles. The molecule has 0 amide bonds. The van der Waals surface area contributed by atoms with Crippen molar-refractivity contribution in [2.24, 2.45) is 11.8 Å². The van der Waals surface area contributed by atoms with Crippen LogP contribution in [-0.2, 0) is 37.5 Å². The van der Waals surface area contributed by atoms with Gasteiger partial charge in [0.15, 0.2) is 6.10 Å². The van der Waals surface area contributed by atoms with Crippen LogP contribution in [-0.4, -0.2) is 127 Å². The number of carbonyl (C=O) groups excluding carboxylic acids is 3. The molecule has 0 spiro atoms. The maximum absolute atomic E-state index is 13.7. The van der Waals surface area contributed by atoms with Crippen LogP contribution in [0.2, 0.25) is 0 Å². The molecule has 2 fully saturated rings. The van der Waals surface area contributed by atoms with Crippen LogP contribution in [0, 0.1) is 11.8 Å². The number of phosphoric ester groups is 1. The van der Waals surface area contributed by atoms with Gasteiger partial charge in [-0.3, -0.25) is 23.4 Å². The lowest BCUT2D eigenvalue weighted by Crippen LogP contribution is -2.55. The van der Waals surface area contributed by atoms with Crippen LogP contribution in [0.1, 0.15) is 149 Å². The first-order chi connectivity index (χ1) is 32.6. The number of Topliss-reactive ketones (excluding diaryl/α,β-unsaturated/α-hetero) is 1. The Kier molecular flexibility index (Phi) is 32.2. The third kappa shape index (κ3) is 25.7. The molecule has 17 heteroatoms. The van der Waals surface area contributed by atoms with Crippen molar-refractivity contribution in [2.45, 2.75) is 204 Å². The lowest BCUT2D eigenvalue weighted by molar-refractivity contribution is -0.167. The van der Waals surface area contributed by atoms with Gasteiger partial charge in [-0.25, -0.2) is 4.57 Å². The van der Waals surface area contributed by atoms with Gasteiger partial charge in [-0.15, -0.1) is 0 Å². The summed E-state index contributed by atoms with van der Waals surface area (Å²) in [5.74, 6) is -5.12. The maximum atomic E-state index is 13.7. The van der Waals surface area contributed by atoms with E-state index in [1.807, 2.05) is 25.2 Å². The number of cyclic esters (lactones) is 1. The van der Waals surface area contributed by atoms with Crippen molar-refractivity contribution in [1.29, 1.82) is 0 Å². The van der Waals surface area contributed by atoms with E-state index < -0.39 is 112 Å². The second-order valence-electron chi connectivity index (χ2n) is 17.7. The normalized spacial score (nSPS) is 30.9. The molecule has 0 aromatic carbocycles. The molecule has 2 aliphatic rings. The number of rotatable bonds is 22. The van der Waals surface area contributed by atoms with Crippen LogP contribution in [0.3, 0.4) is 0 Å². The number of ether oxygens (including phenoxy) is 2. The van der Waals surface area contributed by atoms with Crippen molar-refractivity contribution in [3.63, 3.8) is 0 Å². The quantitative estimate of drug-likeness (QED) is 0.0238. The molecule has 1 unspecified atom stereocenters. The van der Waals surface area contributed by atoms with Crippen molar-refractivity contribution < 1.29 is 78.1 Å². The second kappa shape index (κ2) is 35.9. The van der Waals surface area contributed by atoms with E-state index in [2.05, 4.69) is 43.4 Å². The van der Waals surface area contributed by atoms with Crippen LogP contribution in [0.4, 0.5) is 0 Å². The van der Waals surface area contributed by atoms with Crippen molar-refractivity contribution >= 4 is 25.5 Å². The third-order valence-corrected chi connectivity index (χ3v) is 12.9. The van der Waals surface area contributed by atoms with Gasteiger partial charge in [0.25, 0.3) is 0 Å². The average Bonchev–Trinajstić information content (AvgIpc) is 3.31. The summed E-state index contributed by atoms with van der Waals surface area (Å²) in [4.78, 5) is 50.2. The van der Waals surface area contributed by atoms with Crippen molar-refractivity contribution in [2.75, 3.05) is 13.2 Å². The van der Waals surface area contributed by atoms with Gasteiger partial charge in [0.05, 0.1) is 36.9 Å². The zero-order chi connectivity index (χ0) is 50.2. The minimum absolute atomic E-state index is 0.0208. The summed E-state index contributed by atoms with van der Waals surface area (Å²) in [5, 5.41) is 78.7. The Labute approximate surface area is 404 Å². The van der Waals surface area contributed by atoms with Gasteiger partial charge in [-0.1, -0.05) is 138 Å². The van der Waals surface area contributed by atoms with E-state index in [-0.39, 0.29) is 19.3 Å². The minimum Gasteiger partial charge on any atom is -0.462 e. The summed E-state index contributed by atoms with van der Waals surface area (Å²) in [6.45, 7) is 2.72. The van der Waals surface area contributed by atoms with E-state index in [9.17, 15) is 59.6 Å². The fraction of sp³-hybridized carbons (Fsp3) is 0.706. The van der Waals surface area contributed by atoms with E-state index in [1.54, 1.807) is 6.08 Å². The molecule has 1 saturated heterocycles. The summed E-state index contributed by atoms with van der Waals surface area (Å²) in [6, 6.07) is 0. The van der Waals surface area contributed by atoms with E-state index >= 15 is 0 Å². The highest BCUT2D eigenvalue weighted by Crippen LogP contribution is 2.47. The third-order valence-electron chi connectivity index (χ3n) is 11.9. The fourth-order valence-electron chi connectivity index (χ4n) is 7.84. The average molecular weight is 983 g/mol. The number of esters is 2. The van der Waals surface area contributed by atoms with Crippen LogP contribution >= 0.6 is 7.82 Å². The highest BCUT2D eigenvalue weighted by Gasteiger charge is 2.49. The Morgan fingerprint density at radius 2 is 1.29 bits per heavy atom. The zero-order valence-corrected chi connectivity index (χ0v) is 41.2. The number of unbranched alkanes of at least 4 members (excludes halogenated alkanes) is 5. The Bertz CT molecular complexity index is 1640. The topological polar surface area (TPSA) is 267 Å². The zero-order valence-electron chi connectivity index (χ0n) is 40.3. The predicted molar refractivity (Wildman–Crippen MR) is 259 cm³/mol. The Morgan fingerprint density at radius 3 is 1.93 bits per heavy atom. The molecule has 1 heterocycles. The van der Waals surface area contributed by atoms with Gasteiger partial charge in [-0.05, 0) is 64.2 Å². The van der Waals surface area contributed by atoms with Crippen LogP contribution < -0.4 is 0 Å². The first-order valence-corrected chi connectivity index (χ1v) is 26.3. The molecule has 2 rings (SSSR count). The molecule has 12 atom stereocenters. The monoisotopic (exact) mass is 983 g/mol. The summed E-state index contributed by atoms with van der Waals surface area (Å²) in [5.41, 5.74) is 0. The van der Waals surface area contributed by atoms with E-state index in [4.69, 9.17) is 18.5 Å². The number of ketones is 1. The van der Waals surface area contributed by atoms with Crippen LogP contribution in [0.15, 0.2) is 72.9 Å². The van der Waals surface area contributed by atoms with Crippen LogP contribution in [0.5, 0.6) is 0 Å². The van der Waals surface area contributed by atoms with Gasteiger partial charge in [0, 0.05) is 25.2 Å². The molecular weight excluding hydrogens is 900 g/mol. The van der Waals surface area contributed by atoms with Gasteiger partial charge in [0.1, 0.15) is 36.8 Å². The molecule has 388 valence electrons. The maximum Gasteiger partial charge on any atom is 0.472 e. The molecule has 0 aromatic rings. The van der Waals surface area contributed by atoms with E-state index in [0.717, 1.165) is 44.6 Å². The Balaban J connectivity index is 2.16. The first-order valence-electron chi connectivity index (χ1n) is 24.8. The van der Waals surface area contributed by atoms with E-state index in [1.165, 1.54) is 25.3 Å². The number of carbonyl (C=O) groups is 3. The molecule has 1 aliphatic carbocycles. The predicted octanol–water partition coefficient (Wildman–Crippen LogP) is 6.87. The molecule has 2 bridgehead atoms. The highest BCUT2D eigenvalue weighted by atomic mass is 31.2. The summed E-state index contributed by atoms with van der Waals surface area (Å²) in [6.07, 6.45) is 17.3. The first kappa shape index (κ1) is 61.0. The standard InChI is InChI=1S/C51H83O16P/c1-3-5-7-8-9-10-11-12-13-14-15-16-17-18-19-20-21-22-28-32-45(56)66-39-36-64-44(55)31-27-24-23-26-30-40-42(53)35-43(54)41(34-33-38(52)29-25-6-4-2)47(58)49(60)51(50(61)48(59)46(40)57)67-68(62,63)65-37-39/h9-10,12-13,15-16,18-19,21-22,33-34,38-42,46-53,57-61H,3-8,11,14,17,20,23-32,35-37H2,1-2H3,(H,62,63)/b10-9-,13-12-,16-15-,19-18-,22-21-,34-33?/t38-,39+,40-,41-,42-,46+,47+,48-,49+,50+,51+/m0/s1. The Morgan fingerprint density at radius 1 is 0.721 bits per heavy atom. The van der Waals surface area contributed by atoms with Gasteiger partial charge in [-0.2, -0.15) is 0 Å². The van der Waals surface area contributed by atoms with Crippen molar-refractivity contribution in [3.8, 4) is 0 Å². The fourth-order valence-corrected chi connectivity index (χ4v) is 8.82. The largest absolute Gasteiger partial charge is 0.472 e. The van der Waals surface area contributed by atoms with Gasteiger partial charge < -0.3 is 50.1 Å². The lowest BCUT2D eigenvalue weighted by Gasteiger charge is -2.37. The molecule has 16 nitrogen and oxygen atoms in total. The minimum atomic E-state index is -5.48. The van der Waals surface area contributed by atoms with Gasteiger partial charge >= 0.3 is 19.8 Å². The van der Waals surface area contributed by atoms with Crippen molar-refractivity contribution in [1.82, 2.24) is 0 Å². The number of fused-ring (bicyclic) bond motifs is 4. The Hall–Kier alpha value is -3.12. The number of allylic oxidation sites excluding steroid dienone is 10. The SMILES string of the molecule is CCCCC/C=C\C/C=C\C/C=C\C/C=C\C/C=C\CCC(=O)O[C@@H]1COC(=O)CCCCCC[C@@H]2[C@@H](O)[C@H](O)[C@@H](O)[C@H](OP(=O)(O)OC1)[C@H](O)[C@H](O)[C@@H](C=C[C@@H](O)CCCCC)C(=O)C[C@@H]2O. The molecule has 68 heavy (non-hydrogen) atoms. The van der Waals surface area contributed by atoms with Gasteiger partial charge in [0.2, 0.25) is 0 Å². The number of hydrogen-bond acceptors (Lipinski definition) is 15. The smallest absolute Gasteiger partial charge is 0.462 e. The second-order valence-corrected chi connectivity index (χ2v) is 19.2. The summed E-state index contributed by atoms with van der Waals surface area (Å²) < 4.78 is 34.6. The summed E-state index contributed by atoms with van der Waals surface area (Å²) in [7, 11) is -5.48. The van der Waals surface area contributed by atoms with E-state index in [0.29, 0.717) is 51.4 Å². The number of hydrogen-bond donors (Lipinski definition) is 8. The molecule has 1 saturated carbocycles. The summed E-state index contributed by atoms with van der Waals surface area (Å²) >= 11 is 0. The lowest BCUT2D eigenvalue weighted by atomic mass is 9.82.